The van der Waals surface area contributed by atoms with Crippen LogP contribution in [-0.4, -0.2) is 33.4 Å². The molecule has 2 saturated carbocycles. The molecule has 2 spiro atoms. The summed E-state index contributed by atoms with van der Waals surface area (Å²) in [5, 5.41) is 7.14. The van der Waals surface area contributed by atoms with E-state index in [-0.39, 0.29) is 45.7 Å². The van der Waals surface area contributed by atoms with Crippen molar-refractivity contribution >= 4 is 40.7 Å². The minimum absolute atomic E-state index is 0.0153. The molecule has 1 amide bonds. The molecule has 1 saturated heterocycles. The van der Waals surface area contributed by atoms with Gasteiger partial charge in [0.15, 0.2) is 5.82 Å². The Hall–Kier alpha value is -2.88. The summed E-state index contributed by atoms with van der Waals surface area (Å²) >= 11 is 12.7. The molecule has 2 aromatic heterocycles. The van der Waals surface area contributed by atoms with E-state index in [0.717, 1.165) is 32.1 Å². The zero-order valence-electron chi connectivity index (χ0n) is 24.7. The smallest absolute Gasteiger partial charge is 0.237 e. The van der Waals surface area contributed by atoms with E-state index in [0.29, 0.717) is 42.2 Å². The molecule has 4 aliphatic rings. The zero-order chi connectivity index (χ0) is 30.9. The molecule has 0 bridgehead atoms. The van der Waals surface area contributed by atoms with Crippen LogP contribution in [0.15, 0.2) is 41.2 Å². The molecule has 0 unspecified atom stereocenters. The van der Waals surface area contributed by atoms with Crippen LogP contribution in [0, 0.1) is 28.5 Å². The third-order valence-corrected chi connectivity index (χ3v) is 11.5. The summed E-state index contributed by atoms with van der Waals surface area (Å²) in [6.07, 6.45) is 6.42. The van der Waals surface area contributed by atoms with E-state index in [4.69, 9.17) is 32.5 Å². The van der Waals surface area contributed by atoms with E-state index < -0.39 is 28.5 Å². The molecule has 3 fully saturated rings. The highest BCUT2D eigenvalue weighted by Crippen LogP contribution is 2.72. The van der Waals surface area contributed by atoms with Crippen LogP contribution in [0.4, 0.5) is 10.2 Å². The van der Waals surface area contributed by atoms with Gasteiger partial charge in [0, 0.05) is 23.8 Å². The molecular weight excluding hydrogens is 606 g/mol. The number of aromatic nitrogens is 3. The van der Waals surface area contributed by atoms with Gasteiger partial charge in [-0.25, -0.2) is 9.37 Å². The summed E-state index contributed by atoms with van der Waals surface area (Å²) < 4.78 is 27.1. The molecule has 5 atom stereocenters. The highest BCUT2D eigenvalue weighted by Gasteiger charge is 2.72. The van der Waals surface area contributed by atoms with Crippen molar-refractivity contribution in [2.45, 2.75) is 82.7 Å². The number of benzene rings is 1. The number of nitrogens with one attached hydrogen (secondary N) is 1. The lowest BCUT2D eigenvalue weighted by atomic mass is 9.51. The first-order valence-corrected chi connectivity index (χ1v) is 16.1. The number of hydrogen-bond acceptors (Lipinski definition) is 7. The number of anilines is 1. The molecule has 44 heavy (non-hydrogen) atoms. The largest absolute Gasteiger partial charge is 0.370 e. The summed E-state index contributed by atoms with van der Waals surface area (Å²) in [5.74, 6) is -1.31. The Labute approximate surface area is 265 Å². The van der Waals surface area contributed by atoms with Crippen LogP contribution in [-0.2, 0) is 19.7 Å². The van der Waals surface area contributed by atoms with Crippen molar-refractivity contribution in [2.24, 2.45) is 22.7 Å². The van der Waals surface area contributed by atoms with Crippen LogP contribution in [0.1, 0.15) is 94.2 Å². The molecular formula is C33H35Cl2FN4O4. The number of pyridine rings is 1. The minimum atomic E-state index is -1.21. The third kappa shape index (κ3) is 4.60. The van der Waals surface area contributed by atoms with Crippen molar-refractivity contribution in [3.63, 3.8) is 0 Å². The fourth-order valence-corrected chi connectivity index (χ4v) is 9.11. The molecule has 7 rings (SSSR count). The van der Waals surface area contributed by atoms with Gasteiger partial charge in [0.1, 0.15) is 28.7 Å². The number of Topliss-reactive ketones (excluding diaryl/α,β-unsaturated/α-hetero) is 1. The average Bonchev–Trinajstić information content (AvgIpc) is 3.70. The predicted octanol–water partition coefficient (Wildman–Crippen LogP) is 7.62. The fourth-order valence-electron chi connectivity index (χ4n) is 8.79. The Bertz CT molecular complexity index is 1600. The molecule has 2 aliphatic heterocycles. The number of ether oxygens (including phenoxy) is 1. The predicted molar refractivity (Wildman–Crippen MR) is 162 cm³/mol. The molecule has 11 heteroatoms. The van der Waals surface area contributed by atoms with Crippen molar-refractivity contribution < 1.29 is 23.2 Å². The van der Waals surface area contributed by atoms with E-state index in [9.17, 15) is 9.59 Å². The van der Waals surface area contributed by atoms with Gasteiger partial charge in [-0.15, -0.1) is 0 Å². The van der Waals surface area contributed by atoms with Crippen molar-refractivity contribution in [2.75, 3.05) is 11.9 Å². The second-order valence-corrected chi connectivity index (χ2v) is 14.7. The number of carbonyl (C=O) groups excluding carboxylic acids is 2. The van der Waals surface area contributed by atoms with Gasteiger partial charge in [0.25, 0.3) is 0 Å². The van der Waals surface area contributed by atoms with Crippen LogP contribution in [0.25, 0.3) is 0 Å². The Kier molecular flexibility index (Phi) is 7.37. The standard InChI is InChI=1S/C33H35Cl2FN4O4/c1-31(2)10-12-32(13-11-31)15-20(23(41)14-18-6-8-24(43-16-18)29-37-17-44-40-29)26(19-4-3-5-22(34)27(19)36)33(32)21-7-9-25(35)38-28(21)39-30(33)42/h3-5,7,9,17-18,20,24,26H,6,8,10-16H2,1-2H3,(H,38,39,42)/t18-,20-,24-,26-,33+/m0/s1. The summed E-state index contributed by atoms with van der Waals surface area (Å²) in [5.41, 5.74) is -0.715. The van der Waals surface area contributed by atoms with Crippen LogP contribution in [0.3, 0.4) is 0 Å². The van der Waals surface area contributed by atoms with Gasteiger partial charge in [-0.3, -0.25) is 9.59 Å². The first-order chi connectivity index (χ1) is 21.0. The molecule has 232 valence electrons. The van der Waals surface area contributed by atoms with Gasteiger partial charge >= 0.3 is 0 Å². The highest BCUT2D eigenvalue weighted by atomic mass is 35.5. The Morgan fingerprint density at radius 1 is 1.11 bits per heavy atom. The van der Waals surface area contributed by atoms with Gasteiger partial charge in [-0.1, -0.05) is 60.4 Å². The van der Waals surface area contributed by atoms with Gasteiger partial charge in [0.2, 0.25) is 12.3 Å². The lowest BCUT2D eigenvalue weighted by Crippen LogP contribution is -2.52. The normalized spacial score (nSPS) is 30.4. The second kappa shape index (κ2) is 10.9. The van der Waals surface area contributed by atoms with Crippen LogP contribution in [0.2, 0.25) is 10.2 Å². The van der Waals surface area contributed by atoms with E-state index in [2.05, 4.69) is 34.3 Å². The van der Waals surface area contributed by atoms with Crippen LogP contribution in [0.5, 0.6) is 0 Å². The van der Waals surface area contributed by atoms with E-state index in [1.165, 1.54) is 12.5 Å². The van der Waals surface area contributed by atoms with E-state index in [1.54, 1.807) is 18.2 Å². The maximum atomic E-state index is 16.2. The van der Waals surface area contributed by atoms with Gasteiger partial charge in [-0.05, 0) is 79.4 Å². The monoisotopic (exact) mass is 640 g/mol. The number of amides is 1. The molecule has 3 aromatic rings. The average molecular weight is 642 g/mol. The van der Waals surface area contributed by atoms with E-state index in [1.807, 2.05) is 6.07 Å². The van der Waals surface area contributed by atoms with Gasteiger partial charge in [-0.2, -0.15) is 4.98 Å². The Morgan fingerprint density at radius 2 is 1.91 bits per heavy atom. The molecule has 4 heterocycles. The first kappa shape index (κ1) is 29.8. The number of hydrogen-bond donors (Lipinski definition) is 1. The van der Waals surface area contributed by atoms with Gasteiger partial charge < -0.3 is 14.6 Å². The highest BCUT2D eigenvalue weighted by molar-refractivity contribution is 6.31. The van der Waals surface area contributed by atoms with Crippen LogP contribution >= 0.6 is 23.2 Å². The van der Waals surface area contributed by atoms with Crippen molar-refractivity contribution in [3.05, 3.63) is 69.7 Å². The number of rotatable bonds is 5. The maximum absolute atomic E-state index is 16.2. The third-order valence-electron chi connectivity index (χ3n) is 11.0. The SMILES string of the molecule is CC1(C)CCC2(CC1)C[C@@H](C(=O)C[C@@H]1CC[C@@H](c3ncon3)OC1)[C@H](c1cccc(Cl)c1F)[C@]21C(=O)Nc2nc(Cl)ccc21. The lowest BCUT2D eigenvalue weighted by Gasteiger charge is -2.50. The maximum Gasteiger partial charge on any atom is 0.237 e. The molecule has 8 nitrogen and oxygen atoms in total. The summed E-state index contributed by atoms with van der Waals surface area (Å²) in [4.78, 5) is 37.7. The molecule has 1 aromatic carbocycles. The topological polar surface area (TPSA) is 107 Å². The number of halogens is 3. The number of nitrogens with zero attached hydrogens (tertiary/aromatic N) is 3. The number of carbonyl (C=O) groups is 2. The second-order valence-electron chi connectivity index (χ2n) is 13.9. The first-order valence-electron chi connectivity index (χ1n) is 15.4. The Morgan fingerprint density at radius 3 is 2.61 bits per heavy atom. The summed E-state index contributed by atoms with van der Waals surface area (Å²) in [6, 6.07) is 8.42. The minimum Gasteiger partial charge on any atom is -0.370 e. The summed E-state index contributed by atoms with van der Waals surface area (Å²) in [7, 11) is 0. The lowest BCUT2D eigenvalue weighted by molar-refractivity contribution is -0.127. The van der Waals surface area contributed by atoms with E-state index >= 15 is 4.39 Å². The summed E-state index contributed by atoms with van der Waals surface area (Å²) in [6.45, 7) is 4.87. The van der Waals surface area contributed by atoms with Crippen molar-refractivity contribution in [3.8, 4) is 0 Å². The fraction of sp³-hybridized carbons (Fsp3) is 0.545. The Balaban J connectivity index is 1.31. The van der Waals surface area contributed by atoms with Gasteiger partial charge in [0.05, 0.1) is 17.0 Å². The van der Waals surface area contributed by atoms with Crippen molar-refractivity contribution in [1.82, 2.24) is 15.1 Å². The quantitative estimate of drug-likeness (QED) is 0.286. The zero-order valence-corrected chi connectivity index (χ0v) is 26.3. The van der Waals surface area contributed by atoms with Crippen molar-refractivity contribution in [1.29, 1.82) is 0 Å². The number of ketones is 1. The number of fused-ring (bicyclic) bond motifs is 3. The van der Waals surface area contributed by atoms with Crippen LogP contribution < -0.4 is 5.32 Å². The molecule has 2 aliphatic carbocycles. The molecule has 0 radical (unpaired) electrons. The molecule has 1 N–H and O–H groups in total.